The first-order valence-corrected chi connectivity index (χ1v) is 3.58. The van der Waals surface area contributed by atoms with Crippen LogP contribution in [-0.2, 0) is 6.42 Å². The number of hydrogen-bond acceptors (Lipinski definition) is 2. The smallest absolute Gasteiger partial charge is 0.119 e. The van der Waals surface area contributed by atoms with E-state index in [1.54, 1.807) is 6.07 Å². The highest BCUT2D eigenvalue weighted by Gasteiger charge is 2.13. The van der Waals surface area contributed by atoms with Crippen LogP contribution in [0.5, 0.6) is 5.75 Å². The van der Waals surface area contributed by atoms with Crippen molar-refractivity contribution in [2.45, 2.75) is 6.42 Å². The van der Waals surface area contributed by atoms with Crippen LogP contribution in [0.1, 0.15) is 5.56 Å². The Bertz CT molecular complexity index is 298. The summed E-state index contributed by atoms with van der Waals surface area (Å²) in [5.74, 6) is 0.819. The number of rotatable bonds is 0. The van der Waals surface area contributed by atoms with Gasteiger partial charge in [-0.15, -0.1) is 0 Å². The molecule has 11 heavy (non-hydrogen) atoms. The minimum Gasteiger partial charge on any atom is -0.494 e. The molecule has 0 saturated heterocycles. The fourth-order valence-electron chi connectivity index (χ4n) is 1.36. The number of nitrogen functional groups attached to an aromatic ring is 1. The molecular weight excluding hydrogens is 137 g/mol. The van der Waals surface area contributed by atoms with Gasteiger partial charge in [-0.25, -0.2) is 0 Å². The van der Waals surface area contributed by atoms with Crippen LogP contribution in [0.4, 0.5) is 5.69 Å². The van der Waals surface area contributed by atoms with Crippen LogP contribution in [0.3, 0.4) is 0 Å². The third-order valence-electron chi connectivity index (χ3n) is 1.83. The molecule has 1 aromatic carbocycles. The van der Waals surface area contributed by atoms with Crippen molar-refractivity contribution in [2.24, 2.45) is 0 Å². The number of anilines is 1. The van der Waals surface area contributed by atoms with Gasteiger partial charge in [0.2, 0.25) is 0 Å². The van der Waals surface area contributed by atoms with Gasteiger partial charge in [0.05, 0.1) is 6.61 Å². The highest BCUT2D eigenvalue weighted by Crippen LogP contribution is 2.23. The molecule has 0 aliphatic carbocycles. The van der Waals surface area contributed by atoms with Gasteiger partial charge in [0, 0.05) is 12.1 Å². The van der Waals surface area contributed by atoms with E-state index in [0.717, 1.165) is 24.3 Å². The third-order valence-corrected chi connectivity index (χ3v) is 1.83. The van der Waals surface area contributed by atoms with Crippen LogP contribution < -0.4 is 15.9 Å². The molecule has 0 bridgehead atoms. The van der Waals surface area contributed by atoms with Crippen molar-refractivity contribution >= 4 is 19.0 Å². The summed E-state index contributed by atoms with van der Waals surface area (Å²) in [6, 6.07) is 3.64. The third kappa shape index (κ3) is 0.966. The summed E-state index contributed by atoms with van der Waals surface area (Å²) in [5, 5.41) is 0. The second kappa shape index (κ2) is 2.19. The normalized spacial score (nSPS) is 14.2. The highest BCUT2D eigenvalue weighted by atomic mass is 16.5. The number of fused-ring (bicyclic) bond motifs is 1. The molecule has 0 unspecified atom stereocenters. The molecule has 2 radical (unpaired) electrons. The highest BCUT2D eigenvalue weighted by molar-refractivity contribution is 6.34. The SMILES string of the molecule is [B]c1cc(N)cc2c1OCC2. The monoisotopic (exact) mass is 145 g/mol. The van der Waals surface area contributed by atoms with Crippen molar-refractivity contribution in [3.63, 3.8) is 0 Å². The first-order valence-electron chi connectivity index (χ1n) is 3.58. The maximum atomic E-state index is 5.67. The predicted molar refractivity (Wildman–Crippen MR) is 45.4 cm³/mol. The van der Waals surface area contributed by atoms with Crippen LogP contribution in [-0.4, -0.2) is 14.5 Å². The molecule has 0 amide bonds. The lowest BCUT2D eigenvalue weighted by atomic mass is 9.92. The van der Waals surface area contributed by atoms with E-state index in [1.807, 2.05) is 6.07 Å². The predicted octanol–water partition coefficient (Wildman–Crippen LogP) is -0.00250. The van der Waals surface area contributed by atoms with Crippen molar-refractivity contribution in [2.75, 3.05) is 12.3 Å². The van der Waals surface area contributed by atoms with Crippen LogP contribution in [0.2, 0.25) is 0 Å². The Labute approximate surface area is 66.8 Å². The van der Waals surface area contributed by atoms with E-state index in [-0.39, 0.29) is 0 Å². The van der Waals surface area contributed by atoms with Crippen molar-refractivity contribution < 1.29 is 4.74 Å². The maximum Gasteiger partial charge on any atom is 0.119 e. The van der Waals surface area contributed by atoms with Gasteiger partial charge in [-0.05, 0) is 17.7 Å². The molecule has 1 aliphatic heterocycles. The summed E-state index contributed by atoms with van der Waals surface area (Å²) in [6.07, 6.45) is 0.921. The van der Waals surface area contributed by atoms with Gasteiger partial charge in [0.15, 0.2) is 0 Å². The Morgan fingerprint density at radius 3 is 3.09 bits per heavy atom. The summed E-state index contributed by atoms with van der Waals surface area (Å²) in [4.78, 5) is 0. The number of ether oxygens (including phenoxy) is 1. The van der Waals surface area contributed by atoms with Crippen LogP contribution >= 0.6 is 0 Å². The molecule has 3 heteroatoms. The molecule has 0 spiro atoms. The van der Waals surface area contributed by atoms with Gasteiger partial charge in [-0.2, -0.15) is 0 Å². The quantitative estimate of drug-likeness (QED) is 0.411. The first-order chi connectivity index (χ1) is 5.27. The Morgan fingerprint density at radius 1 is 1.45 bits per heavy atom. The second-order valence-electron chi connectivity index (χ2n) is 2.70. The lowest BCUT2D eigenvalue weighted by molar-refractivity contribution is 0.359. The molecule has 1 aliphatic rings. The minimum absolute atomic E-state index is 0.650. The Hall–Kier alpha value is -1.12. The Kier molecular flexibility index (Phi) is 1.31. The molecular formula is C8H8BNO. The van der Waals surface area contributed by atoms with Crippen molar-refractivity contribution in [1.82, 2.24) is 0 Å². The van der Waals surface area contributed by atoms with E-state index in [4.69, 9.17) is 18.3 Å². The van der Waals surface area contributed by atoms with Gasteiger partial charge >= 0.3 is 0 Å². The fraction of sp³-hybridized carbons (Fsp3) is 0.250. The van der Waals surface area contributed by atoms with Gasteiger partial charge in [0.25, 0.3) is 0 Å². The van der Waals surface area contributed by atoms with E-state index in [1.165, 1.54) is 0 Å². The zero-order chi connectivity index (χ0) is 7.84. The molecule has 0 saturated carbocycles. The zero-order valence-electron chi connectivity index (χ0n) is 6.13. The van der Waals surface area contributed by atoms with Gasteiger partial charge in [0.1, 0.15) is 13.6 Å². The summed E-state index contributed by atoms with van der Waals surface area (Å²) in [6.45, 7) is 0.725. The number of benzene rings is 1. The lowest BCUT2D eigenvalue weighted by Gasteiger charge is -2.04. The van der Waals surface area contributed by atoms with Crippen LogP contribution in [0, 0.1) is 0 Å². The van der Waals surface area contributed by atoms with E-state index in [2.05, 4.69) is 0 Å². The summed E-state index contributed by atoms with van der Waals surface area (Å²) < 4.78 is 5.30. The first kappa shape index (κ1) is 6.59. The number of hydrogen-bond donors (Lipinski definition) is 1. The number of nitrogens with two attached hydrogens (primary N) is 1. The molecule has 2 N–H and O–H groups in total. The molecule has 1 heterocycles. The molecule has 2 nitrogen and oxygen atoms in total. The minimum atomic E-state index is 0.650. The molecule has 54 valence electrons. The second-order valence-corrected chi connectivity index (χ2v) is 2.70. The van der Waals surface area contributed by atoms with Gasteiger partial charge in [-0.1, -0.05) is 5.46 Å². The fourth-order valence-corrected chi connectivity index (χ4v) is 1.36. The van der Waals surface area contributed by atoms with E-state index < -0.39 is 0 Å². The zero-order valence-corrected chi connectivity index (χ0v) is 6.13. The standard InChI is InChI=1S/C8H8BNO/c9-7-4-6(10)3-5-1-2-11-8(5)7/h3-4H,1-2,10H2. The van der Waals surface area contributed by atoms with Crippen molar-refractivity contribution in [1.29, 1.82) is 0 Å². The molecule has 1 aromatic rings. The Balaban J connectivity index is 2.60. The average molecular weight is 145 g/mol. The van der Waals surface area contributed by atoms with Crippen molar-refractivity contribution in [3.05, 3.63) is 17.7 Å². The molecule has 2 rings (SSSR count). The largest absolute Gasteiger partial charge is 0.494 e. The lowest BCUT2D eigenvalue weighted by Crippen LogP contribution is -2.07. The average Bonchev–Trinajstić information content (AvgIpc) is 2.34. The van der Waals surface area contributed by atoms with E-state index in [0.29, 0.717) is 11.2 Å². The van der Waals surface area contributed by atoms with Gasteiger partial charge < -0.3 is 10.5 Å². The van der Waals surface area contributed by atoms with Crippen LogP contribution in [0.25, 0.3) is 0 Å². The summed E-state index contributed by atoms with van der Waals surface area (Å²) >= 11 is 0. The van der Waals surface area contributed by atoms with E-state index >= 15 is 0 Å². The molecule has 0 fully saturated rings. The topological polar surface area (TPSA) is 35.2 Å². The summed E-state index contributed by atoms with van der Waals surface area (Å²) in [5.41, 5.74) is 8.09. The molecule has 0 aromatic heterocycles. The van der Waals surface area contributed by atoms with Crippen molar-refractivity contribution in [3.8, 4) is 5.75 Å². The maximum absolute atomic E-state index is 5.67. The summed E-state index contributed by atoms with van der Waals surface area (Å²) in [7, 11) is 5.67. The van der Waals surface area contributed by atoms with Gasteiger partial charge in [-0.3, -0.25) is 0 Å². The Morgan fingerprint density at radius 2 is 2.27 bits per heavy atom. The van der Waals surface area contributed by atoms with E-state index in [9.17, 15) is 0 Å². The van der Waals surface area contributed by atoms with Crippen LogP contribution in [0.15, 0.2) is 12.1 Å². The molecule has 0 atom stereocenters.